The van der Waals surface area contributed by atoms with Gasteiger partial charge in [-0.1, -0.05) is 54.6 Å². The minimum absolute atomic E-state index is 0.149. The van der Waals surface area contributed by atoms with Gasteiger partial charge < -0.3 is 14.4 Å². The van der Waals surface area contributed by atoms with Crippen molar-refractivity contribution >= 4 is 16.7 Å². The minimum atomic E-state index is -0.198. The lowest BCUT2D eigenvalue weighted by Gasteiger charge is -2.34. The summed E-state index contributed by atoms with van der Waals surface area (Å²) in [7, 11) is 3.26. The van der Waals surface area contributed by atoms with Crippen LogP contribution >= 0.6 is 0 Å². The second kappa shape index (κ2) is 10.8. The van der Waals surface area contributed by atoms with E-state index in [2.05, 4.69) is 10.00 Å². The predicted molar refractivity (Wildman–Crippen MR) is 142 cm³/mol. The number of fused-ring (bicyclic) bond motifs is 1. The Morgan fingerprint density at radius 2 is 1.46 bits per heavy atom. The van der Waals surface area contributed by atoms with Crippen LogP contribution in [0.15, 0.2) is 77.6 Å². The smallest absolute Gasteiger partial charge is 0.275 e. The Morgan fingerprint density at radius 1 is 0.784 bits per heavy atom. The Bertz CT molecular complexity index is 1460. The van der Waals surface area contributed by atoms with Crippen LogP contribution in [0.25, 0.3) is 10.8 Å². The number of benzene rings is 3. The highest BCUT2D eigenvalue weighted by atomic mass is 16.5. The van der Waals surface area contributed by atoms with Crippen molar-refractivity contribution in [3.05, 3.63) is 100.0 Å². The maximum Gasteiger partial charge on any atom is 0.275 e. The first-order valence-corrected chi connectivity index (χ1v) is 12.3. The number of carbonyl (C=O) groups excluding carboxylic acids is 1. The van der Waals surface area contributed by atoms with Crippen molar-refractivity contribution in [1.29, 1.82) is 0 Å². The second-order valence-corrected chi connectivity index (χ2v) is 9.10. The molecule has 0 spiro atoms. The van der Waals surface area contributed by atoms with E-state index in [1.165, 1.54) is 4.68 Å². The summed E-state index contributed by atoms with van der Waals surface area (Å²) < 4.78 is 12.2. The molecule has 190 valence electrons. The van der Waals surface area contributed by atoms with Crippen LogP contribution < -0.4 is 15.0 Å². The van der Waals surface area contributed by atoms with Crippen LogP contribution in [0.5, 0.6) is 11.5 Å². The Kier molecular flexibility index (Phi) is 7.18. The largest absolute Gasteiger partial charge is 0.493 e. The van der Waals surface area contributed by atoms with Crippen molar-refractivity contribution in [2.24, 2.45) is 0 Å². The average molecular weight is 499 g/mol. The van der Waals surface area contributed by atoms with Crippen LogP contribution in [0.1, 0.15) is 21.6 Å². The van der Waals surface area contributed by atoms with Crippen molar-refractivity contribution in [3.63, 3.8) is 0 Å². The third-order valence-electron chi connectivity index (χ3n) is 6.76. The minimum Gasteiger partial charge on any atom is -0.493 e. The van der Waals surface area contributed by atoms with E-state index in [0.29, 0.717) is 47.6 Å². The highest BCUT2D eigenvalue weighted by Gasteiger charge is 2.26. The summed E-state index contributed by atoms with van der Waals surface area (Å²) in [5.74, 6) is 1.26. The number of hydrogen-bond acceptors (Lipinski definition) is 6. The molecule has 3 aromatic carbocycles. The van der Waals surface area contributed by atoms with Crippen LogP contribution in [0.4, 0.5) is 0 Å². The summed E-state index contributed by atoms with van der Waals surface area (Å²) in [6.45, 7) is 3.71. The summed E-state index contributed by atoms with van der Waals surface area (Å²) in [5.41, 5.74) is 2.20. The van der Waals surface area contributed by atoms with E-state index in [1.807, 2.05) is 65.6 Å². The van der Waals surface area contributed by atoms with E-state index in [9.17, 15) is 9.59 Å². The lowest BCUT2D eigenvalue weighted by molar-refractivity contribution is 0.0622. The molecule has 8 nitrogen and oxygen atoms in total. The van der Waals surface area contributed by atoms with Gasteiger partial charge in [-0.15, -0.1) is 0 Å². The fourth-order valence-electron chi connectivity index (χ4n) is 4.75. The molecule has 1 aliphatic rings. The number of nitrogens with zero attached hydrogens (tertiary/aromatic N) is 4. The zero-order chi connectivity index (χ0) is 25.8. The lowest BCUT2D eigenvalue weighted by Crippen LogP contribution is -2.48. The van der Waals surface area contributed by atoms with Gasteiger partial charge in [0.25, 0.3) is 11.5 Å². The molecule has 2 heterocycles. The Morgan fingerprint density at radius 3 is 2.16 bits per heavy atom. The molecule has 1 aliphatic heterocycles. The molecule has 0 radical (unpaired) electrons. The molecule has 0 bridgehead atoms. The highest BCUT2D eigenvalue weighted by Crippen LogP contribution is 2.28. The normalized spacial score (nSPS) is 14.1. The zero-order valence-corrected chi connectivity index (χ0v) is 21.1. The molecule has 37 heavy (non-hydrogen) atoms. The van der Waals surface area contributed by atoms with Gasteiger partial charge >= 0.3 is 0 Å². The Balaban J connectivity index is 1.34. The van der Waals surface area contributed by atoms with Crippen LogP contribution in [-0.4, -0.2) is 65.9 Å². The monoisotopic (exact) mass is 498 g/mol. The number of methoxy groups -OCH3 is 2. The SMILES string of the molecule is COc1ccc(CN2CCN(C(=O)c3nn(Cc4ccccc4)c(=O)c4ccccc34)CC2)cc1OC. The fourth-order valence-corrected chi connectivity index (χ4v) is 4.75. The maximum absolute atomic E-state index is 13.6. The quantitative estimate of drug-likeness (QED) is 0.389. The summed E-state index contributed by atoms with van der Waals surface area (Å²) in [6.07, 6.45) is 0. The van der Waals surface area contributed by atoms with Gasteiger partial charge in [-0.3, -0.25) is 14.5 Å². The third-order valence-corrected chi connectivity index (χ3v) is 6.76. The van der Waals surface area contributed by atoms with Gasteiger partial charge in [-0.2, -0.15) is 5.10 Å². The fraction of sp³-hybridized carbons (Fsp3) is 0.276. The second-order valence-electron chi connectivity index (χ2n) is 9.10. The standard InChI is InChI=1S/C29H30N4O4/c1-36-25-13-12-22(18-26(25)37-2)19-31-14-16-32(17-15-31)29(35)27-23-10-6-7-11-24(23)28(34)33(30-27)20-21-8-4-3-5-9-21/h3-13,18H,14-17,19-20H2,1-2H3. The van der Waals surface area contributed by atoms with Crippen LogP contribution in [0, 0.1) is 0 Å². The summed E-state index contributed by atoms with van der Waals surface area (Å²) in [6, 6.07) is 22.8. The van der Waals surface area contributed by atoms with Crippen molar-refractivity contribution in [2.45, 2.75) is 13.1 Å². The van der Waals surface area contributed by atoms with E-state index in [-0.39, 0.29) is 11.5 Å². The lowest BCUT2D eigenvalue weighted by atomic mass is 10.1. The molecular weight excluding hydrogens is 468 g/mol. The van der Waals surface area contributed by atoms with Gasteiger partial charge in [0.1, 0.15) is 0 Å². The van der Waals surface area contributed by atoms with E-state index in [0.717, 1.165) is 30.8 Å². The number of hydrogen-bond donors (Lipinski definition) is 0. The van der Waals surface area contributed by atoms with Gasteiger partial charge in [0.15, 0.2) is 17.2 Å². The number of piperazine rings is 1. The number of aromatic nitrogens is 2. The van der Waals surface area contributed by atoms with Gasteiger partial charge in [-0.25, -0.2) is 4.68 Å². The van der Waals surface area contributed by atoms with Gasteiger partial charge in [0.2, 0.25) is 0 Å². The molecule has 0 aliphatic carbocycles. The van der Waals surface area contributed by atoms with Crippen molar-refractivity contribution in [2.75, 3.05) is 40.4 Å². The molecule has 0 N–H and O–H groups in total. The van der Waals surface area contributed by atoms with Crippen LogP contribution in [0.2, 0.25) is 0 Å². The maximum atomic E-state index is 13.6. The van der Waals surface area contributed by atoms with Crippen molar-refractivity contribution in [1.82, 2.24) is 19.6 Å². The van der Waals surface area contributed by atoms with E-state index in [4.69, 9.17) is 9.47 Å². The van der Waals surface area contributed by atoms with Gasteiger partial charge in [0, 0.05) is 38.1 Å². The molecule has 0 unspecified atom stereocenters. The number of carbonyl (C=O) groups is 1. The zero-order valence-electron chi connectivity index (χ0n) is 21.1. The predicted octanol–water partition coefficient (Wildman–Crippen LogP) is 3.42. The highest BCUT2D eigenvalue weighted by molar-refractivity contribution is 6.04. The molecule has 4 aromatic rings. The number of ether oxygens (including phenoxy) is 2. The summed E-state index contributed by atoms with van der Waals surface area (Å²) in [4.78, 5) is 30.9. The van der Waals surface area contributed by atoms with E-state index in [1.54, 1.807) is 26.4 Å². The first-order valence-electron chi connectivity index (χ1n) is 12.3. The summed E-state index contributed by atoms with van der Waals surface area (Å²) >= 11 is 0. The van der Waals surface area contributed by atoms with Crippen molar-refractivity contribution in [3.8, 4) is 11.5 Å². The van der Waals surface area contributed by atoms with E-state index >= 15 is 0 Å². The van der Waals surface area contributed by atoms with E-state index < -0.39 is 0 Å². The topological polar surface area (TPSA) is 76.9 Å². The molecule has 1 fully saturated rings. The molecule has 0 atom stereocenters. The first-order chi connectivity index (χ1) is 18.1. The van der Waals surface area contributed by atoms with Gasteiger partial charge in [0.05, 0.1) is 26.2 Å². The Hall–Kier alpha value is -4.17. The van der Waals surface area contributed by atoms with Gasteiger partial charge in [-0.05, 0) is 29.3 Å². The molecule has 8 heteroatoms. The molecular formula is C29H30N4O4. The molecule has 0 saturated carbocycles. The number of amides is 1. The average Bonchev–Trinajstić information content (AvgIpc) is 2.95. The van der Waals surface area contributed by atoms with Crippen LogP contribution in [0.3, 0.4) is 0 Å². The van der Waals surface area contributed by atoms with Crippen molar-refractivity contribution < 1.29 is 14.3 Å². The molecule has 5 rings (SSSR count). The summed E-state index contributed by atoms with van der Waals surface area (Å²) in [5, 5.41) is 5.66. The molecule has 1 saturated heterocycles. The third kappa shape index (κ3) is 5.20. The molecule has 1 aromatic heterocycles. The Labute approximate surface area is 215 Å². The molecule has 1 amide bonds. The first kappa shape index (κ1) is 24.5. The van der Waals surface area contributed by atoms with Crippen LogP contribution in [-0.2, 0) is 13.1 Å². The number of rotatable bonds is 7.